The molecule has 0 spiro atoms. The van der Waals surface area contributed by atoms with E-state index in [4.69, 9.17) is 0 Å². The van der Waals surface area contributed by atoms with E-state index in [9.17, 15) is 4.39 Å². The fraction of sp³-hybridized carbons (Fsp3) is 0.389. The van der Waals surface area contributed by atoms with Crippen molar-refractivity contribution in [2.24, 2.45) is 12.0 Å². The van der Waals surface area contributed by atoms with Crippen LogP contribution in [0.1, 0.15) is 23.6 Å². The lowest BCUT2D eigenvalue weighted by molar-refractivity contribution is 0.625. The fourth-order valence-electron chi connectivity index (χ4n) is 2.40. The standard InChI is InChI=1S/C18H25FN4S.HI/c1-4-20-18(21-10-14-7-8-23(2)12-14)22-11-15-5-6-17(19)9-16(15)13-24-3;/h5-9,12H,4,10-11,13H2,1-3H3,(H2,20,21,22);1H. The molecule has 0 unspecified atom stereocenters. The van der Waals surface area contributed by atoms with Gasteiger partial charge in [-0.2, -0.15) is 11.8 Å². The van der Waals surface area contributed by atoms with Gasteiger partial charge in [-0.25, -0.2) is 9.38 Å². The summed E-state index contributed by atoms with van der Waals surface area (Å²) in [6, 6.07) is 7.02. The van der Waals surface area contributed by atoms with E-state index in [1.54, 1.807) is 17.8 Å². The molecule has 0 aliphatic heterocycles. The molecule has 0 aliphatic rings. The number of rotatable bonds is 7. The minimum atomic E-state index is -0.188. The number of nitrogens with zero attached hydrogens (tertiary/aromatic N) is 2. The lowest BCUT2D eigenvalue weighted by Crippen LogP contribution is -2.37. The Labute approximate surface area is 170 Å². The van der Waals surface area contributed by atoms with Gasteiger partial charge in [0.05, 0.1) is 6.54 Å². The Morgan fingerprint density at radius 3 is 2.68 bits per heavy atom. The van der Waals surface area contributed by atoms with E-state index in [1.807, 2.05) is 37.1 Å². The SMILES string of the molecule is CCNC(=NCc1ccn(C)c1)NCc1ccc(F)cc1CSC.I. The molecule has 25 heavy (non-hydrogen) atoms. The van der Waals surface area contributed by atoms with Crippen molar-refractivity contribution in [2.75, 3.05) is 12.8 Å². The summed E-state index contributed by atoms with van der Waals surface area (Å²) in [6.07, 6.45) is 6.09. The number of hydrogen-bond acceptors (Lipinski definition) is 2. The highest BCUT2D eigenvalue weighted by Crippen LogP contribution is 2.16. The van der Waals surface area contributed by atoms with Gasteiger partial charge in [0.1, 0.15) is 5.82 Å². The number of hydrogen-bond donors (Lipinski definition) is 2. The first kappa shape index (κ1) is 21.8. The van der Waals surface area contributed by atoms with Crippen LogP contribution in [0, 0.1) is 5.82 Å². The number of thioether (sulfide) groups is 1. The summed E-state index contributed by atoms with van der Waals surface area (Å²) in [4.78, 5) is 4.61. The summed E-state index contributed by atoms with van der Waals surface area (Å²) in [5.41, 5.74) is 3.28. The first-order chi connectivity index (χ1) is 11.6. The zero-order chi connectivity index (χ0) is 17.4. The van der Waals surface area contributed by atoms with E-state index < -0.39 is 0 Å². The molecule has 4 nitrogen and oxygen atoms in total. The van der Waals surface area contributed by atoms with E-state index in [0.29, 0.717) is 13.1 Å². The first-order valence-electron chi connectivity index (χ1n) is 8.01. The van der Waals surface area contributed by atoms with Gasteiger partial charge in [-0.05, 0) is 48.1 Å². The highest BCUT2D eigenvalue weighted by molar-refractivity contribution is 14.0. The Bertz CT molecular complexity index is 687. The second-order valence-corrected chi connectivity index (χ2v) is 6.45. The smallest absolute Gasteiger partial charge is 0.191 e. The van der Waals surface area contributed by atoms with Crippen molar-refractivity contribution in [1.82, 2.24) is 15.2 Å². The zero-order valence-electron chi connectivity index (χ0n) is 14.9. The van der Waals surface area contributed by atoms with Gasteiger partial charge in [0.25, 0.3) is 0 Å². The molecule has 1 aromatic heterocycles. The van der Waals surface area contributed by atoms with Crippen LogP contribution >= 0.6 is 35.7 Å². The number of nitrogens with one attached hydrogen (secondary N) is 2. The minimum absolute atomic E-state index is 0. The summed E-state index contributed by atoms with van der Waals surface area (Å²) in [5.74, 6) is 1.38. The molecule has 0 fully saturated rings. The Kier molecular flexibility index (Phi) is 9.96. The predicted octanol–water partition coefficient (Wildman–Crippen LogP) is 3.90. The normalized spacial score (nSPS) is 11.1. The van der Waals surface area contributed by atoms with E-state index >= 15 is 0 Å². The van der Waals surface area contributed by atoms with Crippen LogP contribution in [0.3, 0.4) is 0 Å². The lowest BCUT2D eigenvalue weighted by Gasteiger charge is -2.14. The third-order valence-electron chi connectivity index (χ3n) is 3.57. The zero-order valence-corrected chi connectivity index (χ0v) is 18.0. The average Bonchev–Trinajstić information content (AvgIpc) is 2.97. The molecular formula is C18H26FIN4S. The van der Waals surface area contributed by atoms with Gasteiger partial charge in [0.15, 0.2) is 5.96 Å². The molecule has 138 valence electrons. The van der Waals surface area contributed by atoms with Crippen LogP contribution < -0.4 is 10.6 Å². The molecule has 0 aliphatic carbocycles. The molecule has 1 aromatic carbocycles. The van der Waals surface area contributed by atoms with Crippen LogP contribution in [0.15, 0.2) is 41.7 Å². The molecule has 0 atom stereocenters. The maximum Gasteiger partial charge on any atom is 0.191 e. The third kappa shape index (κ3) is 7.27. The van der Waals surface area contributed by atoms with E-state index in [-0.39, 0.29) is 29.8 Å². The average molecular weight is 476 g/mol. The van der Waals surface area contributed by atoms with Crippen LogP contribution in [0.2, 0.25) is 0 Å². The van der Waals surface area contributed by atoms with Crippen LogP contribution in [-0.2, 0) is 25.9 Å². The number of guanidine groups is 1. The van der Waals surface area contributed by atoms with Crippen LogP contribution in [0.25, 0.3) is 0 Å². The quantitative estimate of drug-likeness (QED) is 0.362. The molecule has 7 heteroatoms. The number of benzene rings is 1. The van der Waals surface area contributed by atoms with E-state index in [1.165, 1.54) is 11.6 Å². The Balaban J connectivity index is 0.00000312. The van der Waals surface area contributed by atoms with Gasteiger partial charge in [0, 0.05) is 38.3 Å². The third-order valence-corrected chi connectivity index (χ3v) is 4.17. The van der Waals surface area contributed by atoms with Crippen molar-refractivity contribution >= 4 is 41.7 Å². The van der Waals surface area contributed by atoms with Gasteiger partial charge in [-0.15, -0.1) is 24.0 Å². The first-order valence-corrected chi connectivity index (χ1v) is 9.41. The van der Waals surface area contributed by atoms with Crippen molar-refractivity contribution < 1.29 is 4.39 Å². The molecule has 1 heterocycles. The van der Waals surface area contributed by atoms with E-state index in [2.05, 4.69) is 27.9 Å². The van der Waals surface area contributed by atoms with Crippen molar-refractivity contribution in [3.05, 3.63) is 59.2 Å². The van der Waals surface area contributed by atoms with Gasteiger partial charge >= 0.3 is 0 Å². The molecule has 2 aromatic rings. The topological polar surface area (TPSA) is 41.4 Å². The Morgan fingerprint density at radius 2 is 2.04 bits per heavy atom. The number of halogens is 2. The Morgan fingerprint density at radius 1 is 1.24 bits per heavy atom. The summed E-state index contributed by atoms with van der Waals surface area (Å²) in [6.45, 7) is 4.08. The van der Waals surface area contributed by atoms with Crippen LogP contribution in [0.4, 0.5) is 4.39 Å². The second kappa shape index (κ2) is 11.4. The molecule has 0 bridgehead atoms. The summed E-state index contributed by atoms with van der Waals surface area (Å²) in [7, 11) is 2.00. The summed E-state index contributed by atoms with van der Waals surface area (Å²) >= 11 is 1.69. The highest BCUT2D eigenvalue weighted by Gasteiger charge is 2.05. The molecule has 0 radical (unpaired) electrons. The molecular weight excluding hydrogens is 450 g/mol. The number of aromatic nitrogens is 1. The van der Waals surface area contributed by atoms with Crippen molar-refractivity contribution in [1.29, 1.82) is 0 Å². The number of aryl methyl sites for hydroxylation is 1. The maximum absolute atomic E-state index is 13.4. The monoisotopic (exact) mass is 476 g/mol. The molecule has 0 saturated carbocycles. The van der Waals surface area contributed by atoms with Gasteiger partial charge in [-0.3, -0.25) is 0 Å². The molecule has 2 rings (SSSR count). The summed E-state index contributed by atoms with van der Waals surface area (Å²) < 4.78 is 15.4. The fourth-order valence-corrected chi connectivity index (χ4v) is 2.98. The lowest BCUT2D eigenvalue weighted by atomic mass is 10.1. The maximum atomic E-state index is 13.4. The Hall–Kier alpha value is -1.22. The molecule has 0 saturated heterocycles. The number of aliphatic imine (C=N–C) groups is 1. The van der Waals surface area contributed by atoms with Crippen molar-refractivity contribution in [3.8, 4) is 0 Å². The predicted molar refractivity (Wildman–Crippen MR) is 116 cm³/mol. The van der Waals surface area contributed by atoms with Crippen LogP contribution in [-0.4, -0.2) is 23.3 Å². The van der Waals surface area contributed by atoms with Crippen molar-refractivity contribution in [2.45, 2.75) is 25.8 Å². The second-order valence-electron chi connectivity index (χ2n) is 5.58. The summed E-state index contributed by atoms with van der Waals surface area (Å²) in [5, 5.41) is 6.58. The molecule has 0 amide bonds. The molecule has 2 N–H and O–H groups in total. The highest BCUT2D eigenvalue weighted by atomic mass is 127. The van der Waals surface area contributed by atoms with Crippen LogP contribution in [0.5, 0.6) is 0 Å². The van der Waals surface area contributed by atoms with Crippen molar-refractivity contribution in [3.63, 3.8) is 0 Å². The van der Waals surface area contributed by atoms with Gasteiger partial charge in [0.2, 0.25) is 0 Å². The minimum Gasteiger partial charge on any atom is -0.357 e. The van der Waals surface area contributed by atoms with Gasteiger partial charge in [-0.1, -0.05) is 6.07 Å². The largest absolute Gasteiger partial charge is 0.357 e. The van der Waals surface area contributed by atoms with Gasteiger partial charge < -0.3 is 15.2 Å². The van der Waals surface area contributed by atoms with E-state index in [0.717, 1.165) is 29.4 Å².